The van der Waals surface area contributed by atoms with Crippen molar-refractivity contribution in [2.45, 2.75) is 32.6 Å². The van der Waals surface area contributed by atoms with Gasteiger partial charge in [-0.1, -0.05) is 0 Å². The van der Waals surface area contributed by atoms with Crippen LogP contribution in [-0.2, 0) is 14.4 Å². The van der Waals surface area contributed by atoms with Gasteiger partial charge in [0.05, 0.1) is 11.8 Å². The second-order valence-electron chi connectivity index (χ2n) is 6.58. The van der Waals surface area contributed by atoms with Gasteiger partial charge in [-0.2, -0.15) is 0 Å². The van der Waals surface area contributed by atoms with Crippen LogP contribution in [0.5, 0.6) is 0 Å². The van der Waals surface area contributed by atoms with Crippen molar-refractivity contribution in [1.29, 1.82) is 0 Å². The number of rotatable bonds is 4. The summed E-state index contributed by atoms with van der Waals surface area (Å²) in [5, 5.41) is 5.53. The van der Waals surface area contributed by atoms with Crippen LogP contribution >= 0.6 is 0 Å². The van der Waals surface area contributed by atoms with E-state index in [1.54, 1.807) is 24.3 Å². The molecule has 6 nitrogen and oxygen atoms in total. The molecule has 128 valence electrons. The fourth-order valence-corrected chi connectivity index (χ4v) is 3.18. The predicted molar refractivity (Wildman–Crippen MR) is 91.4 cm³/mol. The molecule has 2 N–H and O–H groups in total. The van der Waals surface area contributed by atoms with E-state index in [-0.39, 0.29) is 29.6 Å². The summed E-state index contributed by atoms with van der Waals surface area (Å²) >= 11 is 0. The monoisotopic (exact) mass is 329 g/mol. The molecule has 3 amide bonds. The Kier molecular flexibility index (Phi) is 4.83. The number of hydrogen-bond acceptors (Lipinski definition) is 3. The van der Waals surface area contributed by atoms with Crippen LogP contribution in [-0.4, -0.2) is 35.7 Å². The zero-order chi connectivity index (χ0) is 17.1. The normalized spacial score (nSPS) is 22.6. The molecule has 2 aliphatic rings. The average Bonchev–Trinajstić information content (AvgIpc) is 3.37. The number of hydrogen-bond donors (Lipinski definition) is 2. The highest BCUT2D eigenvalue weighted by atomic mass is 16.2. The van der Waals surface area contributed by atoms with Crippen LogP contribution in [0.3, 0.4) is 0 Å². The number of anilines is 2. The lowest BCUT2D eigenvalue weighted by Crippen LogP contribution is -2.37. The van der Waals surface area contributed by atoms with E-state index >= 15 is 0 Å². The Hall–Kier alpha value is -2.37. The molecule has 1 aromatic carbocycles. The van der Waals surface area contributed by atoms with Crippen molar-refractivity contribution in [3.8, 4) is 0 Å². The van der Waals surface area contributed by atoms with Gasteiger partial charge in [0.1, 0.15) is 0 Å². The highest BCUT2D eigenvalue weighted by Crippen LogP contribution is 2.41. The Bertz CT molecular complexity index is 635. The van der Waals surface area contributed by atoms with Gasteiger partial charge in [0.15, 0.2) is 0 Å². The fourth-order valence-electron chi connectivity index (χ4n) is 3.18. The van der Waals surface area contributed by atoms with Gasteiger partial charge in [-0.15, -0.1) is 0 Å². The second-order valence-corrected chi connectivity index (χ2v) is 6.58. The van der Waals surface area contributed by atoms with Crippen LogP contribution in [0.4, 0.5) is 11.4 Å². The third-order valence-electron chi connectivity index (χ3n) is 4.58. The molecule has 6 heteroatoms. The molecule has 1 saturated heterocycles. The Morgan fingerprint density at radius 3 is 2.08 bits per heavy atom. The average molecular weight is 329 g/mol. The summed E-state index contributed by atoms with van der Waals surface area (Å²) in [7, 11) is 0. The van der Waals surface area contributed by atoms with E-state index in [1.165, 1.54) is 13.3 Å². The lowest BCUT2D eigenvalue weighted by molar-refractivity contribution is -0.135. The van der Waals surface area contributed by atoms with E-state index < -0.39 is 0 Å². The molecule has 1 aromatic rings. The summed E-state index contributed by atoms with van der Waals surface area (Å²) in [4.78, 5) is 37.6. The van der Waals surface area contributed by atoms with Crippen LogP contribution in [0.15, 0.2) is 24.3 Å². The van der Waals surface area contributed by atoms with Crippen LogP contribution in [0, 0.1) is 11.8 Å². The smallest absolute Gasteiger partial charge is 0.228 e. The molecule has 24 heavy (non-hydrogen) atoms. The van der Waals surface area contributed by atoms with Crippen LogP contribution in [0.2, 0.25) is 0 Å². The Morgan fingerprint density at radius 2 is 1.50 bits per heavy atom. The molecular formula is C18H23N3O3. The second kappa shape index (κ2) is 7.03. The molecule has 3 rings (SSSR count). The third-order valence-corrected chi connectivity index (χ3v) is 4.58. The van der Waals surface area contributed by atoms with Crippen molar-refractivity contribution in [2.75, 3.05) is 23.7 Å². The summed E-state index contributed by atoms with van der Waals surface area (Å²) in [5.74, 6) is -0.464. The number of piperidine rings is 1. The number of nitrogens with zero attached hydrogens (tertiary/aromatic N) is 1. The molecule has 1 aliphatic heterocycles. The highest BCUT2D eigenvalue weighted by molar-refractivity contribution is 5.99. The molecule has 0 aromatic heterocycles. The molecule has 0 radical (unpaired) electrons. The Balaban J connectivity index is 1.51. The summed E-state index contributed by atoms with van der Waals surface area (Å²) in [6.45, 7) is 3.10. The maximum Gasteiger partial charge on any atom is 0.228 e. The quantitative estimate of drug-likeness (QED) is 0.889. The van der Waals surface area contributed by atoms with Crippen molar-refractivity contribution in [3.05, 3.63) is 24.3 Å². The first-order valence-corrected chi connectivity index (χ1v) is 8.52. The highest BCUT2D eigenvalue weighted by Gasteiger charge is 2.49. The zero-order valence-electron chi connectivity index (χ0n) is 13.9. The molecule has 0 spiro atoms. The van der Waals surface area contributed by atoms with Crippen LogP contribution in [0.25, 0.3) is 0 Å². The Labute approximate surface area is 141 Å². The van der Waals surface area contributed by atoms with E-state index in [9.17, 15) is 14.4 Å². The number of likely N-dealkylation sites (tertiary alicyclic amines) is 1. The Morgan fingerprint density at radius 1 is 0.917 bits per heavy atom. The van der Waals surface area contributed by atoms with Crippen LogP contribution < -0.4 is 10.6 Å². The van der Waals surface area contributed by atoms with Gasteiger partial charge >= 0.3 is 0 Å². The summed E-state index contributed by atoms with van der Waals surface area (Å²) < 4.78 is 0. The number of nitrogens with one attached hydrogen (secondary N) is 2. The minimum atomic E-state index is -0.213. The lowest BCUT2D eigenvalue weighted by Gasteiger charge is -2.26. The molecule has 2 fully saturated rings. The van der Waals surface area contributed by atoms with Gasteiger partial charge in [0.25, 0.3) is 0 Å². The summed E-state index contributed by atoms with van der Waals surface area (Å²) in [6, 6.07) is 6.96. The SMILES string of the molecule is CC(=O)Nc1ccc(NC(=O)C2CC2C(=O)N2CCCCC2)cc1. The van der Waals surface area contributed by atoms with Crippen molar-refractivity contribution < 1.29 is 14.4 Å². The molecule has 1 heterocycles. The first-order valence-electron chi connectivity index (χ1n) is 8.52. The largest absolute Gasteiger partial charge is 0.342 e. The van der Waals surface area contributed by atoms with Crippen molar-refractivity contribution in [2.24, 2.45) is 11.8 Å². The molecular weight excluding hydrogens is 306 g/mol. The minimum Gasteiger partial charge on any atom is -0.342 e. The predicted octanol–water partition coefficient (Wildman–Crippen LogP) is 2.23. The fraction of sp³-hybridized carbons (Fsp3) is 0.500. The lowest BCUT2D eigenvalue weighted by atomic mass is 10.1. The van der Waals surface area contributed by atoms with Gasteiger partial charge in [-0.3, -0.25) is 14.4 Å². The first kappa shape index (κ1) is 16.5. The summed E-state index contributed by atoms with van der Waals surface area (Å²) in [6.07, 6.45) is 3.96. The van der Waals surface area contributed by atoms with Crippen LogP contribution in [0.1, 0.15) is 32.6 Å². The van der Waals surface area contributed by atoms with E-state index in [4.69, 9.17) is 0 Å². The zero-order valence-corrected chi connectivity index (χ0v) is 13.9. The van der Waals surface area contributed by atoms with Crippen molar-refractivity contribution >= 4 is 29.1 Å². The molecule has 1 aliphatic carbocycles. The van der Waals surface area contributed by atoms with E-state index in [2.05, 4.69) is 10.6 Å². The van der Waals surface area contributed by atoms with E-state index in [0.29, 0.717) is 17.8 Å². The summed E-state index contributed by atoms with van der Waals surface area (Å²) in [5.41, 5.74) is 1.36. The van der Waals surface area contributed by atoms with Gasteiger partial charge in [-0.25, -0.2) is 0 Å². The number of benzene rings is 1. The van der Waals surface area contributed by atoms with E-state index in [1.807, 2.05) is 4.90 Å². The molecule has 2 atom stereocenters. The number of carbonyl (C=O) groups is 3. The standard InChI is InChI=1S/C18H23N3O3/c1-12(22)19-13-5-7-14(8-6-13)20-17(23)15-11-16(15)18(24)21-9-3-2-4-10-21/h5-8,15-16H,2-4,9-11H2,1H3,(H,19,22)(H,20,23). The molecule has 1 saturated carbocycles. The number of carbonyl (C=O) groups excluding carboxylic acids is 3. The third kappa shape index (κ3) is 3.93. The minimum absolute atomic E-state index is 0.0994. The van der Waals surface area contributed by atoms with Gasteiger partial charge in [0, 0.05) is 31.4 Å². The number of amides is 3. The topological polar surface area (TPSA) is 78.5 Å². The van der Waals surface area contributed by atoms with E-state index in [0.717, 1.165) is 25.9 Å². The van der Waals surface area contributed by atoms with Crippen molar-refractivity contribution in [1.82, 2.24) is 4.90 Å². The molecule has 2 unspecified atom stereocenters. The maximum absolute atomic E-state index is 12.4. The molecule has 0 bridgehead atoms. The van der Waals surface area contributed by atoms with Gasteiger partial charge in [0.2, 0.25) is 17.7 Å². The van der Waals surface area contributed by atoms with Gasteiger partial charge in [-0.05, 0) is 49.9 Å². The van der Waals surface area contributed by atoms with Crippen molar-refractivity contribution in [3.63, 3.8) is 0 Å². The first-order chi connectivity index (χ1) is 11.5. The maximum atomic E-state index is 12.4. The van der Waals surface area contributed by atoms with Gasteiger partial charge < -0.3 is 15.5 Å².